The Morgan fingerprint density at radius 1 is 1.20 bits per heavy atom. The molecule has 2 aromatic rings. The van der Waals surface area contributed by atoms with Crippen LogP contribution in [0, 0.1) is 0 Å². The lowest BCUT2D eigenvalue weighted by Gasteiger charge is -2.32. The summed E-state index contributed by atoms with van der Waals surface area (Å²) in [7, 11) is 1.98. The minimum atomic E-state index is 0.314. The van der Waals surface area contributed by atoms with Crippen molar-refractivity contribution in [2.45, 2.75) is 12.6 Å². The fourth-order valence-electron chi connectivity index (χ4n) is 2.87. The van der Waals surface area contributed by atoms with Gasteiger partial charge >= 0.3 is 0 Å². The minimum Gasteiger partial charge on any atom is -0.374 e. The summed E-state index contributed by atoms with van der Waals surface area (Å²) in [6, 6.07) is 15.3. The predicted octanol–water partition coefficient (Wildman–Crippen LogP) is 2.26. The van der Waals surface area contributed by atoms with E-state index >= 15 is 0 Å². The molecule has 1 unspecified atom stereocenters. The van der Waals surface area contributed by atoms with Gasteiger partial charge in [0.2, 0.25) is 0 Å². The van der Waals surface area contributed by atoms with Crippen molar-refractivity contribution in [1.29, 1.82) is 0 Å². The summed E-state index contributed by atoms with van der Waals surface area (Å²) >= 11 is 0. The van der Waals surface area contributed by atoms with Crippen molar-refractivity contribution in [3.8, 4) is 0 Å². The normalized spacial score (nSPS) is 20.4. The molecule has 0 bridgehead atoms. The number of hydrogen-bond donors (Lipinski definition) is 1. The van der Waals surface area contributed by atoms with Crippen LogP contribution in [0.5, 0.6) is 0 Å². The Labute approximate surface area is 120 Å². The second-order valence-corrected chi connectivity index (χ2v) is 5.47. The Balaban J connectivity index is 1.69. The number of rotatable bonds is 4. The Bertz CT molecular complexity index is 568. The van der Waals surface area contributed by atoms with E-state index < -0.39 is 0 Å². The number of ether oxygens (including phenoxy) is 1. The van der Waals surface area contributed by atoms with Crippen LogP contribution in [0.15, 0.2) is 42.5 Å². The van der Waals surface area contributed by atoms with Crippen molar-refractivity contribution in [2.75, 3.05) is 33.3 Å². The van der Waals surface area contributed by atoms with Crippen LogP contribution in [-0.2, 0) is 11.3 Å². The van der Waals surface area contributed by atoms with Crippen LogP contribution in [0.2, 0.25) is 0 Å². The molecule has 0 amide bonds. The van der Waals surface area contributed by atoms with Gasteiger partial charge in [-0.3, -0.25) is 4.90 Å². The van der Waals surface area contributed by atoms with E-state index in [4.69, 9.17) is 4.74 Å². The van der Waals surface area contributed by atoms with Crippen LogP contribution in [0.25, 0.3) is 10.8 Å². The van der Waals surface area contributed by atoms with Crippen molar-refractivity contribution < 1.29 is 4.74 Å². The third-order valence-corrected chi connectivity index (χ3v) is 3.87. The largest absolute Gasteiger partial charge is 0.374 e. The van der Waals surface area contributed by atoms with Crippen LogP contribution in [-0.4, -0.2) is 44.3 Å². The molecule has 3 nitrogen and oxygen atoms in total. The van der Waals surface area contributed by atoms with Gasteiger partial charge in [0.05, 0.1) is 12.7 Å². The first-order valence-corrected chi connectivity index (χ1v) is 7.31. The number of hydrogen-bond acceptors (Lipinski definition) is 3. The van der Waals surface area contributed by atoms with E-state index in [1.165, 1.54) is 16.3 Å². The third kappa shape index (κ3) is 3.18. The average molecular weight is 270 g/mol. The first kappa shape index (κ1) is 13.6. The highest BCUT2D eigenvalue weighted by Gasteiger charge is 2.19. The summed E-state index contributed by atoms with van der Waals surface area (Å²) in [5.41, 5.74) is 1.38. The van der Waals surface area contributed by atoms with Gasteiger partial charge in [-0.15, -0.1) is 0 Å². The highest BCUT2D eigenvalue weighted by molar-refractivity contribution is 5.82. The molecule has 0 aromatic heterocycles. The molecule has 0 spiro atoms. The molecule has 1 aliphatic rings. The van der Waals surface area contributed by atoms with E-state index in [1.807, 2.05) is 7.05 Å². The predicted molar refractivity (Wildman–Crippen MR) is 82.9 cm³/mol. The third-order valence-electron chi connectivity index (χ3n) is 3.87. The van der Waals surface area contributed by atoms with Crippen molar-refractivity contribution in [2.24, 2.45) is 0 Å². The minimum absolute atomic E-state index is 0.314. The molecule has 0 radical (unpaired) electrons. The van der Waals surface area contributed by atoms with E-state index in [0.29, 0.717) is 6.10 Å². The van der Waals surface area contributed by atoms with E-state index in [1.54, 1.807) is 0 Å². The van der Waals surface area contributed by atoms with Crippen LogP contribution in [0.3, 0.4) is 0 Å². The maximum atomic E-state index is 5.75. The fourth-order valence-corrected chi connectivity index (χ4v) is 2.87. The van der Waals surface area contributed by atoms with Crippen molar-refractivity contribution in [3.63, 3.8) is 0 Å². The van der Waals surface area contributed by atoms with Gasteiger partial charge in [0.15, 0.2) is 0 Å². The molecule has 1 heterocycles. The molecule has 0 aliphatic carbocycles. The molecule has 106 valence electrons. The van der Waals surface area contributed by atoms with Crippen LogP contribution >= 0.6 is 0 Å². The molecule has 1 atom stereocenters. The maximum absolute atomic E-state index is 5.75. The first-order valence-electron chi connectivity index (χ1n) is 7.31. The summed E-state index contributed by atoms with van der Waals surface area (Å²) in [5, 5.41) is 5.83. The zero-order chi connectivity index (χ0) is 13.8. The lowest BCUT2D eigenvalue weighted by atomic mass is 10.1. The summed E-state index contributed by atoms with van der Waals surface area (Å²) in [6.45, 7) is 4.79. The Kier molecular flexibility index (Phi) is 4.31. The number of fused-ring (bicyclic) bond motifs is 1. The standard InChI is InChI=1S/C17H22N2O/c1-18-11-17-13-19(8-9-20-17)12-14-6-7-15-4-2-3-5-16(15)10-14/h2-7,10,17-18H,8-9,11-13H2,1H3. The summed E-state index contributed by atoms with van der Waals surface area (Å²) < 4.78 is 5.75. The monoisotopic (exact) mass is 270 g/mol. The lowest BCUT2D eigenvalue weighted by molar-refractivity contribution is -0.0291. The summed E-state index contributed by atoms with van der Waals surface area (Å²) in [4.78, 5) is 2.48. The Morgan fingerprint density at radius 2 is 2.05 bits per heavy atom. The van der Waals surface area contributed by atoms with Crippen LogP contribution in [0.1, 0.15) is 5.56 Å². The molecule has 3 rings (SSSR count). The molecule has 3 heteroatoms. The average Bonchev–Trinajstić information content (AvgIpc) is 2.48. The van der Waals surface area contributed by atoms with Crippen LogP contribution < -0.4 is 5.32 Å². The maximum Gasteiger partial charge on any atom is 0.0826 e. The summed E-state index contributed by atoms with van der Waals surface area (Å²) in [6.07, 6.45) is 0.314. The van der Waals surface area contributed by atoms with E-state index in [2.05, 4.69) is 52.7 Å². The molecule has 1 fully saturated rings. The highest BCUT2D eigenvalue weighted by Crippen LogP contribution is 2.17. The number of benzene rings is 2. The van der Waals surface area contributed by atoms with Gasteiger partial charge < -0.3 is 10.1 Å². The molecule has 0 saturated carbocycles. The quantitative estimate of drug-likeness (QED) is 0.922. The van der Waals surface area contributed by atoms with Gasteiger partial charge in [0.25, 0.3) is 0 Å². The Hall–Kier alpha value is -1.42. The second kappa shape index (κ2) is 6.35. The fraction of sp³-hybridized carbons (Fsp3) is 0.412. The van der Waals surface area contributed by atoms with Gasteiger partial charge in [-0.2, -0.15) is 0 Å². The van der Waals surface area contributed by atoms with Crippen molar-refractivity contribution in [1.82, 2.24) is 10.2 Å². The molecule has 2 aromatic carbocycles. The number of morpholine rings is 1. The molecule has 20 heavy (non-hydrogen) atoms. The van der Waals surface area contributed by atoms with E-state index in [9.17, 15) is 0 Å². The Morgan fingerprint density at radius 3 is 2.90 bits per heavy atom. The number of likely N-dealkylation sites (N-methyl/N-ethyl adjacent to an activating group) is 1. The molecular weight excluding hydrogens is 248 g/mol. The topological polar surface area (TPSA) is 24.5 Å². The SMILES string of the molecule is CNCC1CN(Cc2ccc3ccccc3c2)CCO1. The summed E-state index contributed by atoms with van der Waals surface area (Å²) in [5.74, 6) is 0. The van der Waals surface area contributed by atoms with Gasteiger partial charge in [0.1, 0.15) is 0 Å². The first-order chi connectivity index (χ1) is 9.85. The van der Waals surface area contributed by atoms with Gasteiger partial charge in [-0.25, -0.2) is 0 Å². The van der Waals surface area contributed by atoms with E-state index in [-0.39, 0.29) is 0 Å². The van der Waals surface area contributed by atoms with Gasteiger partial charge in [-0.1, -0.05) is 36.4 Å². The lowest BCUT2D eigenvalue weighted by Crippen LogP contribution is -2.45. The van der Waals surface area contributed by atoms with Crippen molar-refractivity contribution in [3.05, 3.63) is 48.0 Å². The highest BCUT2D eigenvalue weighted by atomic mass is 16.5. The van der Waals surface area contributed by atoms with E-state index in [0.717, 1.165) is 32.8 Å². The smallest absolute Gasteiger partial charge is 0.0826 e. The molecular formula is C17H22N2O. The molecule has 1 N–H and O–H groups in total. The van der Waals surface area contributed by atoms with Crippen molar-refractivity contribution >= 4 is 10.8 Å². The molecule has 1 saturated heterocycles. The molecule has 1 aliphatic heterocycles. The zero-order valence-electron chi connectivity index (χ0n) is 12.0. The number of nitrogens with zero attached hydrogens (tertiary/aromatic N) is 1. The van der Waals surface area contributed by atoms with Crippen LogP contribution in [0.4, 0.5) is 0 Å². The number of nitrogens with one attached hydrogen (secondary N) is 1. The second-order valence-electron chi connectivity index (χ2n) is 5.47. The van der Waals surface area contributed by atoms with Gasteiger partial charge in [-0.05, 0) is 29.4 Å². The van der Waals surface area contributed by atoms with Gasteiger partial charge in [0, 0.05) is 26.2 Å². The zero-order valence-corrected chi connectivity index (χ0v) is 12.0.